The Labute approximate surface area is 130 Å². The first-order chi connectivity index (χ1) is 10.1. The second kappa shape index (κ2) is 7.27. The van der Waals surface area contributed by atoms with Crippen molar-refractivity contribution in [2.24, 2.45) is 0 Å². The molecule has 2 rings (SSSR count). The Morgan fingerprint density at radius 1 is 1.24 bits per heavy atom. The monoisotopic (exact) mass is 305 g/mol. The van der Waals surface area contributed by atoms with Crippen LogP contribution in [0.5, 0.6) is 11.6 Å². The van der Waals surface area contributed by atoms with Crippen molar-refractivity contribution >= 4 is 17.4 Å². The zero-order valence-corrected chi connectivity index (χ0v) is 13.3. The predicted octanol–water partition coefficient (Wildman–Crippen LogP) is 4.87. The van der Waals surface area contributed by atoms with E-state index >= 15 is 0 Å². The maximum absolute atomic E-state index is 5.97. The molecule has 0 aliphatic heterocycles. The highest BCUT2D eigenvalue weighted by Gasteiger charge is 2.09. The number of anilines is 1. The lowest BCUT2D eigenvalue weighted by Crippen LogP contribution is -2.07. The van der Waals surface area contributed by atoms with Gasteiger partial charge in [0, 0.05) is 23.6 Å². The fraction of sp³-hybridized carbons (Fsp3) is 0.375. The number of nitrogens with zero attached hydrogens (tertiary/aromatic N) is 2. The summed E-state index contributed by atoms with van der Waals surface area (Å²) in [6.45, 7) is 7.09. The molecule has 1 aromatic heterocycles. The molecule has 0 aliphatic rings. The maximum atomic E-state index is 5.97. The second-order valence-corrected chi connectivity index (χ2v) is 5.53. The van der Waals surface area contributed by atoms with Crippen LogP contribution in [0.15, 0.2) is 30.3 Å². The molecule has 0 aliphatic carbocycles. The normalized spacial score (nSPS) is 10.7. The molecular weight excluding hydrogens is 286 g/mol. The molecule has 2 aromatic rings. The van der Waals surface area contributed by atoms with Crippen LogP contribution in [0.4, 0.5) is 5.82 Å². The van der Waals surface area contributed by atoms with Crippen LogP contribution in [-0.4, -0.2) is 16.5 Å². The Morgan fingerprint density at radius 2 is 2.05 bits per heavy atom. The van der Waals surface area contributed by atoms with Gasteiger partial charge in [0.1, 0.15) is 17.4 Å². The van der Waals surface area contributed by atoms with Crippen LogP contribution >= 0.6 is 11.6 Å². The lowest BCUT2D eigenvalue weighted by Gasteiger charge is -2.12. The number of ether oxygens (including phenoxy) is 1. The number of hydrogen-bond donors (Lipinski definition) is 1. The molecule has 0 saturated carbocycles. The first-order valence-corrected chi connectivity index (χ1v) is 7.52. The summed E-state index contributed by atoms with van der Waals surface area (Å²) in [7, 11) is 0. The second-order valence-electron chi connectivity index (χ2n) is 5.09. The molecule has 0 unspecified atom stereocenters. The molecule has 21 heavy (non-hydrogen) atoms. The fourth-order valence-corrected chi connectivity index (χ4v) is 1.93. The van der Waals surface area contributed by atoms with Gasteiger partial charge in [-0.2, -0.15) is 4.98 Å². The van der Waals surface area contributed by atoms with E-state index in [9.17, 15) is 0 Å². The summed E-state index contributed by atoms with van der Waals surface area (Å²) < 4.78 is 5.80. The van der Waals surface area contributed by atoms with Crippen molar-refractivity contribution in [3.8, 4) is 11.6 Å². The topological polar surface area (TPSA) is 47.0 Å². The Morgan fingerprint density at radius 3 is 2.71 bits per heavy atom. The van der Waals surface area contributed by atoms with Gasteiger partial charge in [-0.15, -0.1) is 0 Å². The minimum atomic E-state index is 0.232. The van der Waals surface area contributed by atoms with Gasteiger partial charge in [0.2, 0.25) is 5.88 Å². The van der Waals surface area contributed by atoms with Gasteiger partial charge in [-0.25, -0.2) is 4.98 Å². The van der Waals surface area contributed by atoms with Gasteiger partial charge in [-0.05, 0) is 24.6 Å². The van der Waals surface area contributed by atoms with Gasteiger partial charge in [-0.3, -0.25) is 0 Å². The van der Waals surface area contributed by atoms with Crippen molar-refractivity contribution < 1.29 is 4.74 Å². The number of aromatic nitrogens is 2. The molecule has 0 radical (unpaired) electrons. The minimum absolute atomic E-state index is 0.232. The molecule has 1 N–H and O–H groups in total. The SMILES string of the molecule is CCCNc1cc(Oc2cccc(Cl)c2)nc(C(C)C)n1. The molecule has 1 heterocycles. The molecule has 5 heteroatoms. The van der Waals surface area contributed by atoms with E-state index in [1.165, 1.54) is 0 Å². The van der Waals surface area contributed by atoms with Gasteiger partial charge in [0.05, 0.1) is 0 Å². The smallest absolute Gasteiger partial charge is 0.224 e. The van der Waals surface area contributed by atoms with Gasteiger partial charge < -0.3 is 10.1 Å². The van der Waals surface area contributed by atoms with E-state index in [4.69, 9.17) is 16.3 Å². The molecule has 1 aromatic carbocycles. The molecule has 4 nitrogen and oxygen atoms in total. The quantitative estimate of drug-likeness (QED) is 0.827. The molecule has 0 atom stereocenters. The van der Waals surface area contributed by atoms with Crippen LogP contribution < -0.4 is 10.1 Å². The standard InChI is InChI=1S/C16H20ClN3O/c1-4-8-18-14-10-15(20-16(19-14)11(2)3)21-13-7-5-6-12(17)9-13/h5-7,9-11H,4,8H2,1-3H3,(H,18,19,20). The Bertz CT molecular complexity index is 602. The van der Waals surface area contributed by atoms with Crippen molar-refractivity contribution in [2.45, 2.75) is 33.1 Å². The summed E-state index contributed by atoms with van der Waals surface area (Å²) in [5.74, 6) is 2.96. The van der Waals surface area contributed by atoms with Crippen molar-refractivity contribution in [1.29, 1.82) is 0 Å². The van der Waals surface area contributed by atoms with Crippen molar-refractivity contribution in [3.63, 3.8) is 0 Å². The van der Waals surface area contributed by atoms with Crippen LogP contribution in [0.3, 0.4) is 0 Å². The molecule has 0 spiro atoms. The Balaban J connectivity index is 2.26. The molecule has 112 valence electrons. The highest BCUT2D eigenvalue weighted by molar-refractivity contribution is 6.30. The number of halogens is 1. The average Bonchev–Trinajstić information content (AvgIpc) is 2.45. The summed E-state index contributed by atoms with van der Waals surface area (Å²) in [4.78, 5) is 8.95. The Kier molecular flexibility index (Phi) is 5.39. The number of rotatable bonds is 6. The first-order valence-electron chi connectivity index (χ1n) is 7.14. The minimum Gasteiger partial charge on any atom is -0.439 e. The lowest BCUT2D eigenvalue weighted by atomic mass is 10.2. The summed E-state index contributed by atoms with van der Waals surface area (Å²) in [6.07, 6.45) is 1.03. The van der Waals surface area contributed by atoms with E-state index in [1.54, 1.807) is 6.07 Å². The number of hydrogen-bond acceptors (Lipinski definition) is 4. The molecule has 0 amide bonds. The van der Waals surface area contributed by atoms with E-state index in [1.807, 2.05) is 24.3 Å². The van der Waals surface area contributed by atoms with E-state index in [0.717, 1.165) is 24.6 Å². The average molecular weight is 306 g/mol. The van der Waals surface area contributed by atoms with Crippen molar-refractivity contribution in [1.82, 2.24) is 9.97 Å². The maximum Gasteiger partial charge on any atom is 0.224 e. The summed E-state index contributed by atoms with van der Waals surface area (Å²) >= 11 is 5.97. The third-order valence-corrected chi connectivity index (χ3v) is 3.05. The molecular formula is C16H20ClN3O. The molecule has 0 bridgehead atoms. The van der Waals surface area contributed by atoms with E-state index < -0.39 is 0 Å². The van der Waals surface area contributed by atoms with Crippen molar-refractivity contribution in [2.75, 3.05) is 11.9 Å². The van der Waals surface area contributed by atoms with Crippen LogP contribution in [-0.2, 0) is 0 Å². The molecule has 0 saturated heterocycles. The van der Waals surface area contributed by atoms with Crippen molar-refractivity contribution in [3.05, 3.63) is 41.2 Å². The Hall–Kier alpha value is -1.81. The van der Waals surface area contributed by atoms with Crippen LogP contribution in [0, 0.1) is 0 Å². The summed E-state index contributed by atoms with van der Waals surface area (Å²) in [6, 6.07) is 9.07. The predicted molar refractivity (Wildman–Crippen MR) is 86.4 cm³/mol. The first kappa shape index (κ1) is 15.6. The largest absolute Gasteiger partial charge is 0.439 e. The molecule has 0 fully saturated rings. The zero-order valence-electron chi connectivity index (χ0n) is 12.6. The lowest BCUT2D eigenvalue weighted by molar-refractivity contribution is 0.457. The zero-order chi connectivity index (χ0) is 15.2. The highest BCUT2D eigenvalue weighted by Crippen LogP contribution is 2.25. The number of benzene rings is 1. The van der Waals surface area contributed by atoms with Crippen LogP contribution in [0.25, 0.3) is 0 Å². The van der Waals surface area contributed by atoms with E-state index in [-0.39, 0.29) is 5.92 Å². The third-order valence-electron chi connectivity index (χ3n) is 2.81. The van der Waals surface area contributed by atoms with Gasteiger partial charge in [0.15, 0.2) is 0 Å². The van der Waals surface area contributed by atoms with Gasteiger partial charge >= 0.3 is 0 Å². The fourth-order valence-electron chi connectivity index (χ4n) is 1.75. The summed E-state index contributed by atoms with van der Waals surface area (Å²) in [5.41, 5.74) is 0. The summed E-state index contributed by atoms with van der Waals surface area (Å²) in [5, 5.41) is 3.90. The van der Waals surface area contributed by atoms with Crippen LogP contribution in [0.2, 0.25) is 5.02 Å². The van der Waals surface area contributed by atoms with Crippen LogP contribution in [0.1, 0.15) is 38.9 Å². The van der Waals surface area contributed by atoms with Gasteiger partial charge in [0.25, 0.3) is 0 Å². The van der Waals surface area contributed by atoms with E-state index in [2.05, 4.69) is 36.1 Å². The van der Waals surface area contributed by atoms with E-state index in [0.29, 0.717) is 16.7 Å². The third kappa shape index (κ3) is 4.60. The number of nitrogens with one attached hydrogen (secondary N) is 1. The van der Waals surface area contributed by atoms with Gasteiger partial charge in [-0.1, -0.05) is 38.4 Å². The highest BCUT2D eigenvalue weighted by atomic mass is 35.5.